The van der Waals surface area contributed by atoms with Crippen molar-refractivity contribution in [2.24, 2.45) is 10.8 Å². The fourth-order valence-corrected chi connectivity index (χ4v) is 4.06. The molecule has 2 heteroatoms. The van der Waals surface area contributed by atoms with Gasteiger partial charge in [-0.3, -0.25) is 9.69 Å². The zero-order chi connectivity index (χ0) is 16.0. The number of nitrogens with zero attached hydrogens (tertiary/aromatic N) is 1. The van der Waals surface area contributed by atoms with Gasteiger partial charge in [0.05, 0.1) is 6.04 Å². The Hall–Kier alpha value is -0.370. The summed E-state index contributed by atoms with van der Waals surface area (Å²) >= 11 is 0. The average molecular weight is 284 g/mol. The van der Waals surface area contributed by atoms with Gasteiger partial charge in [-0.2, -0.15) is 0 Å². The fourth-order valence-electron chi connectivity index (χ4n) is 4.06. The lowest BCUT2D eigenvalue weighted by molar-refractivity contribution is -0.120. The van der Waals surface area contributed by atoms with Gasteiger partial charge in [0.2, 0.25) is 0 Å². The maximum atomic E-state index is 11.4. The van der Waals surface area contributed by atoms with Crippen LogP contribution in [0.1, 0.15) is 80.6 Å². The molecular weight excluding hydrogens is 246 g/mol. The highest BCUT2D eigenvalue weighted by Gasteiger charge is 2.71. The molecule has 0 aromatic rings. The normalized spacial score (nSPS) is 31.9. The Morgan fingerprint density at radius 1 is 1.00 bits per heavy atom. The monoisotopic (exact) mass is 283 g/mol. The van der Waals surface area contributed by atoms with E-state index < -0.39 is 0 Å². The predicted molar refractivity (Wildman–Crippen MR) is 89.1 cm³/mol. The molecule has 1 heterocycles. The van der Waals surface area contributed by atoms with Gasteiger partial charge in [-0.25, -0.2) is 0 Å². The van der Waals surface area contributed by atoms with Crippen LogP contribution in [0.15, 0.2) is 0 Å². The molecule has 2 spiro atoms. The largest absolute Gasteiger partial charge is 0.298 e. The van der Waals surface area contributed by atoms with E-state index >= 15 is 0 Å². The second-order valence-electron chi connectivity index (χ2n) is 5.84. The number of likely N-dealkylation sites (N-methyl/N-ethyl adjacent to an activating group) is 1. The molecule has 0 aromatic heterocycles. The minimum atomic E-state index is 0.231. The summed E-state index contributed by atoms with van der Waals surface area (Å²) in [4.78, 5) is 13.7. The number of rotatable bonds is 1. The SMILES string of the molecule is CC.CC.CC.CC(=O)C1CC2(CN1C)CC21CCC1. The molecule has 1 aliphatic heterocycles. The maximum absolute atomic E-state index is 11.4. The number of hydrogen-bond acceptors (Lipinski definition) is 2. The van der Waals surface area contributed by atoms with E-state index in [9.17, 15) is 4.79 Å². The van der Waals surface area contributed by atoms with Crippen LogP contribution in [0.3, 0.4) is 0 Å². The summed E-state index contributed by atoms with van der Waals surface area (Å²) in [5.41, 5.74) is 1.27. The van der Waals surface area contributed by atoms with Crippen LogP contribution < -0.4 is 0 Å². The van der Waals surface area contributed by atoms with E-state index in [1.807, 2.05) is 41.5 Å². The first-order chi connectivity index (χ1) is 9.59. The van der Waals surface area contributed by atoms with Crippen molar-refractivity contribution in [2.45, 2.75) is 86.6 Å². The van der Waals surface area contributed by atoms with Gasteiger partial charge in [-0.05, 0) is 50.5 Å². The molecular formula is C18H37NO. The van der Waals surface area contributed by atoms with Crippen molar-refractivity contribution in [3.05, 3.63) is 0 Å². The van der Waals surface area contributed by atoms with Crippen molar-refractivity contribution < 1.29 is 4.79 Å². The van der Waals surface area contributed by atoms with Gasteiger partial charge < -0.3 is 0 Å². The van der Waals surface area contributed by atoms with Crippen molar-refractivity contribution in [1.29, 1.82) is 0 Å². The van der Waals surface area contributed by atoms with Crippen LogP contribution >= 0.6 is 0 Å². The fraction of sp³-hybridized carbons (Fsp3) is 0.944. The summed E-state index contributed by atoms with van der Waals surface area (Å²) in [5.74, 6) is 0.366. The molecule has 2 atom stereocenters. The zero-order valence-electron chi connectivity index (χ0n) is 15.2. The summed E-state index contributed by atoms with van der Waals surface area (Å²) < 4.78 is 0. The second kappa shape index (κ2) is 8.17. The van der Waals surface area contributed by atoms with Gasteiger partial charge in [0, 0.05) is 6.54 Å². The summed E-state index contributed by atoms with van der Waals surface area (Å²) in [7, 11) is 2.12. The Bertz CT molecular complexity index is 296. The number of carbonyl (C=O) groups excluding carboxylic acids is 1. The van der Waals surface area contributed by atoms with Gasteiger partial charge in [0.25, 0.3) is 0 Å². The number of carbonyl (C=O) groups is 1. The lowest BCUT2D eigenvalue weighted by Gasteiger charge is -2.30. The second-order valence-corrected chi connectivity index (χ2v) is 5.84. The van der Waals surface area contributed by atoms with E-state index in [0.717, 1.165) is 6.42 Å². The van der Waals surface area contributed by atoms with Crippen LogP contribution in [0.25, 0.3) is 0 Å². The van der Waals surface area contributed by atoms with E-state index in [-0.39, 0.29) is 6.04 Å². The minimum absolute atomic E-state index is 0.231. The molecule has 120 valence electrons. The molecule has 20 heavy (non-hydrogen) atoms. The van der Waals surface area contributed by atoms with Crippen LogP contribution in [0.4, 0.5) is 0 Å². The number of Topliss-reactive ketones (excluding diaryl/α,β-unsaturated/α-hetero) is 1. The molecule has 3 aliphatic rings. The van der Waals surface area contributed by atoms with Crippen LogP contribution in [-0.4, -0.2) is 30.3 Å². The first-order valence-corrected chi connectivity index (χ1v) is 8.79. The van der Waals surface area contributed by atoms with Crippen LogP contribution in [0.5, 0.6) is 0 Å². The van der Waals surface area contributed by atoms with Crippen molar-refractivity contribution >= 4 is 5.78 Å². The highest BCUT2D eigenvalue weighted by atomic mass is 16.1. The third kappa shape index (κ3) is 3.27. The summed E-state index contributed by atoms with van der Waals surface area (Å²) in [5, 5.41) is 0. The Labute approximate surface area is 127 Å². The first-order valence-electron chi connectivity index (χ1n) is 8.79. The highest BCUT2D eigenvalue weighted by molar-refractivity contribution is 5.82. The average Bonchev–Trinajstić information content (AvgIpc) is 2.98. The lowest BCUT2D eigenvalue weighted by atomic mass is 9.74. The van der Waals surface area contributed by atoms with Crippen LogP contribution in [-0.2, 0) is 4.79 Å². The molecule has 2 unspecified atom stereocenters. The number of likely N-dealkylation sites (tertiary alicyclic amines) is 1. The van der Waals surface area contributed by atoms with Crippen molar-refractivity contribution in [1.82, 2.24) is 4.90 Å². The predicted octanol–water partition coefficient (Wildman–Crippen LogP) is 4.92. The highest BCUT2D eigenvalue weighted by Crippen LogP contribution is 2.77. The standard InChI is InChI=1S/C12H19NO.3C2H6/c1-9(14)10-6-12(8-13(10)2)7-11(12)4-3-5-11;3*1-2/h10H,3-8H2,1-2H3;3*1-2H3. The molecule has 0 aromatic carbocycles. The van der Waals surface area contributed by atoms with Gasteiger partial charge in [0.1, 0.15) is 5.78 Å². The number of hydrogen-bond donors (Lipinski definition) is 0. The van der Waals surface area contributed by atoms with Gasteiger partial charge in [0.15, 0.2) is 0 Å². The number of fused-ring (bicyclic) bond motifs is 1. The smallest absolute Gasteiger partial charge is 0.146 e. The zero-order valence-corrected chi connectivity index (χ0v) is 15.2. The maximum Gasteiger partial charge on any atom is 0.146 e. The molecule has 0 amide bonds. The third-order valence-electron chi connectivity index (χ3n) is 5.12. The van der Waals surface area contributed by atoms with Crippen LogP contribution in [0.2, 0.25) is 0 Å². The molecule has 2 saturated carbocycles. The van der Waals surface area contributed by atoms with Gasteiger partial charge in [-0.15, -0.1) is 0 Å². The quantitative estimate of drug-likeness (QED) is 0.681. The van der Waals surface area contributed by atoms with Crippen molar-refractivity contribution in [3.63, 3.8) is 0 Å². The molecule has 0 N–H and O–H groups in total. The van der Waals surface area contributed by atoms with Gasteiger partial charge in [-0.1, -0.05) is 48.0 Å². The van der Waals surface area contributed by atoms with Crippen molar-refractivity contribution in [3.8, 4) is 0 Å². The van der Waals surface area contributed by atoms with Crippen molar-refractivity contribution in [2.75, 3.05) is 13.6 Å². The first kappa shape index (κ1) is 19.6. The molecule has 3 rings (SSSR count). The van der Waals surface area contributed by atoms with E-state index in [1.165, 1.54) is 32.2 Å². The lowest BCUT2D eigenvalue weighted by Crippen LogP contribution is -2.31. The Morgan fingerprint density at radius 3 is 1.75 bits per heavy atom. The van der Waals surface area contributed by atoms with Gasteiger partial charge >= 0.3 is 0 Å². The Morgan fingerprint density at radius 2 is 1.50 bits per heavy atom. The van der Waals surface area contributed by atoms with E-state index in [0.29, 0.717) is 16.6 Å². The summed E-state index contributed by atoms with van der Waals surface area (Å²) in [6.45, 7) is 14.9. The minimum Gasteiger partial charge on any atom is -0.298 e. The van der Waals surface area contributed by atoms with Crippen LogP contribution in [0, 0.1) is 10.8 Å². The van der Waals surface area contributed by atoms with E-state index in [2.05, 4.69) is 11.9 Å². The Kier molecular flexibility index (Phi) is 8.01. The topological polar surface area (TPSA) is 20.3 Å². The Balaban J connectivity index is 0.000000538. The number of ketones is 1. The molecule has 0 bridgehead atoms. The summed E-state index contributed by atoms with van der Waals surface area (Å²) in [6, 6.07) is 0.231. The van der Waals surface area contributed by atoms with E-state index in [1.54, 1.807) is 6.92 Å². The molecule has 3 fully saturated rings. The molecule has 0 radical (unpaired) electrons. The van der Waals surface area contributed by atoms with E-state index in [4.69, 9.17) is 0 Å². The molecule has 1 saturated heterocycles. The molecule has 2 nitrogen and oxygen atoms in total. The third-order valence-corrected chi connectivity index (χ3v) is 5.12. The summed E-state index contributed by atoms with van der Waals surface area (Å²) in [6.07, 6.45) is 6.86. The molecule has 2 aliphatic carbocycles.